The summed E-state index contributed by atoms with van der Waals surface area (Å²) in [6.45, 7) is 3.17. The number of hydrogen-bond acceptors (Lipinski definition) is 2. The van der Waals surface area contributed by atoms with Gasteiger partial charge in [-0.25, -0.2) is 0 Å². The lowest BCUT2D eigenvalue weighted by Gasteiger charge is -2.38. The van der Waals surface area contributed by atoms with Crippen LogP contribution in [0.4, 0.5) is 5.69 Å². The van der Waals surface area contributed by atoms with Crippen molar-refractivity contribution in [2.75, 3.05) is 11.4 Å². The van der Waals surface area contributed by atoms with Crippen molar-refractivity contribution in [2.45, 2.75) is 51.5 Å². The van der Waals surface area contributed by atoms with E-state index in [0.717, 1.165) is 18.9 Å². The molecule has 0 radical (unpaired) electrons. The summed E-state index contributed by atoms with van der Waals surface area (Å²) in [5, 5.41) is 8.82. The molecule has 3 nitrogen and oxygen atoms in total. The van der Waals surface area contributed by atoms with E-state index in [1.807, 2.05) is 6.07 Å². The lowest BCUT2D eigenvalue weighted by molar-refractivity contribution is -0.137. The van der Waals surface area contributed by atoms with E-state index >= 15 is 0 Å². The van der Waals surface area contributed by atoms with Crippen molar-refractivity contribution in [1.29, 1.82) is 0 Å². The van der Waals surface area contributed by atoms with Gasteiger partial charge in [0.05, 0.1) is 0 Å². The molecule has 1 aromatic rings. The molecule has 1 fully saturated rings. The summed E-state index contributed by atoms with van der Waals surface area (Å²) in [7, 11) is 0. The summed E-state index contributed by atoms with van der Waals surface area (Å²) in [6, 6.07) is 11.0. The third-order valence-electron chi connectivity index (χ3n) is 4.30. The fourth-order valence-corrected chi connectivity index (χ4v) is 3.10. The first-order valence-electron chi connectivity index (χ1n) is 7.70. The number of aliphatic carboxylic acids is 1. The summed E-state index contributed by atoms with van der Waals surface area (Å²) < 4.78 is 0. The SMILES string of the molecule is CC1CCC(N(CCCC(=O)O)c2ccccc2)CC1. The van der Waals surface area contributed by atoms with E-state index in [1.165, 1.54) is 31.4 Å². The van der Waals surface area contributed by atoms with Crippen molar-refractivity contribution >= 4 is 11.7 Å². The van der Waals surface area contributed by atoms with Crippen LogP contribution in [0.25, 0.3) is 0 Å². The molecular weight excluding hydrogens is 250 g/mol. The van der Waals surface area contributed by atoms with Crippen molar-refractivity contribution in [3.8, 4) is 0 Å². The lowest BCUT2D eigenvalue weighted by atomic mass is 9.86. The number of benzene rings is 1. The third kappa shape index (κ3) is 4.26. The third-order valence-corrected chi connectivity index (χ3v) is 4.30. The van der Waals surface area contributed by atoms with Gasteiger partial charge in [0.1, 0.15) is 0 Å². The molecule has 0 amide bonds. The molecule has 0 spiro atoms. The highest BCUT2D eigenvalue weighted by atomic mass is 16.4. The fraction of sp³-hybridized carbons (Fsp3) is 0.588. The number of carboxylic acids is 1. The second-order valence-corrected chi connectivity index (χ2v) is 5.94. The van der Waals surface area contributed by atoms with Crippen LogP contribution in [0.5, 0.6) is 0 Å². The van der Waals surface area contributed by atoms with Gasteiger partial charge in [0.15, 0.2) is 0 Å². The second-order valence-electron chi connectivity index (χ2n) is 5.94. The fourth-order valence-electron chi connectivity index (χ4n) is 3.10. The van der Waals surface area contributed by atoms with Gasteiger partial charge in [-0.3, -0.25) is 4.79 Å². The molecule has 0 bridgehead atoms. The number of carbonyl (C=O) groups is 1. The molecule has 0 unspecified atom stereocenters. The molecule has 0 saturated heterocycles. The molecule has 3 heteroatoms. The standard InChI is InChI=1S/C17H25NO2/c1-14-9-11-16(12-10-14)18(13-5-8-17(19)20)15-6-3-2-4-7-15/h2-4,6-7,14,16H,5,8-13H2,1H3,(H,19,20). The number of rotatable bonds is 6. The minimum atomic E-state index is -0.699. The molecule has 1 N–H and O–H groups in total. The summed E-state index contributed by atoms with van der Waals surface area (Å²) in [6.07, 6.45) is 5.99. The van der Waals surface area contributed by atoms with Gasteiger partial charge in [-0.15, -0.1) is 0 Å². The summed E-state index contributed by atoms with van der Waals surface area (Å²) >= 11 is 0. The summed E-state index contributed by atoms with van der Waals surface area (Å²) in [5.74, 6) is 0.137. The molecule has 0 atom stereocenters. The Morgan fingerprint density at radius 2 is 1.85 bits per heavy atom. The van der Waals surface area contributed by atoms with Crippen molar-refractivity contribution in [1.82, 2.24) is 0 Å². The predicted molar refractivity (Wildman–Crippen MR) is 82.1 cm³/mol. The first-order valence-corrected chi connectivity index (χ1v) is 7.70. The zero-order chi connectivity index (χ0) is 14.4. The predicted octanol–water partition coefficient (Wildman–Crippen LogP) is 3.94. The van der Waals surface area contributed by atoms with Gasteiger partial charge in [-0.1, -0.05) is 25.1 Å². The van der Waals surface area contributed by atoms with Crippen LogP contribution >= 0.6 is 0 Å². The Morgan fingerprint density at radius 1 is 1.20 bits per heavy atom. The Bertz CT molecular complexity index is 410. The number of hydrogen-bond donors (Lipinski definition) is 1. The van der Waals surface area contributed by atoms with E-state index in [2.05, 4.69) is 36.1 Å². The monoisotopic (exact) mass is 275 g/mol. The van der Waals surface area contributed by atoms with Gasteiger partial charge in [-0.05, 0) is 50.2 Å². The van der Waals surface area contributed by atoms with Crippen molar-refractivity contribution in [3.05, 3.63) is 30.3 Å². The molecule has 0 aromatic heterocycles. The van der Waals surface area contributed by atoms with Crippen molar-refractivity contribution in [3.63, 3.8) is 0 Å². The molecule has 1 aromatic carbocycles. The minimum absolute atomic E-state index is 0.256. The minimum Gasteiger partial charge on any atom is -0.481 e. The Labute approximate surface area is 121 Å². The number of nitrogens with zero attached hydrogens (tertiary/aromatic N) is 1. The molecule has 0 heterocycles. The molecule has 110 valence electrons. The van der Waals surface area contributed by atoms with Gasteiger partial charge in [0, 0.05) is 24.7 Å². The average molecular weight is 275 g/mol. The van der Waals surface area contributed by atoms with E-state index in [9.17, 15) is 4.79 Å². The van der Waals surface area contributed by atoms with Crippen LogP contribution in [0.2, 0.25) is 0 Å². The molecular formula is C17H25NO2. The second kappa shape index (κ2) is 7.32. The van der Waals surface area contributed by atoms with Crippen LogP contribution in [-0.4, -0.2) is 23.7 Å². The first-order chi connectivity index (χ1) is 9.66. The molecule has 1 aliphatic carbocycles. The van der Waals surface area contributed by atoms with Crippen LogP contribution in [0, 0.1) is 5.92 Å². The van der Waals surface area contributed by atoms with Gasteiger partial charge in [-0.2, -0.15) is 0 Å². The van der Waals surface area contributed by atoms with E-state index in [1.54, 1.807) is 0 Å². The van der Waals surface area contributed by atoms with E-state index in [0.29, 0.717) is 6.04 Å². The molecule has 1 aliphatic rings. The summed E-state index contributed by atoms with van der Waals surface area (Å²) in [4.78, 5) is 13.1. The Balaban J connectivity index is 2.02. The van der Waals surface area contributed by atoms with Gasteiger partial charge in [0.25, 0.3) is 0 Å². The highest BCUT2D eigenvalue weighted by Crippen LogP contribution is 2.30. The highest BCUT2D eigenvalue weighted by molar-refractivity contribution is 5.66. The molecule has 0 aliphatic heterocycles. The van der Waals surface area contributed by atoms with E-state index < -0.39 is 5.97 Å². The maximum atomic E-state index is 10.7. The van der Waals surface area contributed by atoms with Crippen molar-refractivity contribution < 1.29 is 9.90 Å². The zero-order valence-electron chi connectivity index (χ0n) is 12.3. The summed E-state index contributed by atoms with van der Waals surface area (Å²) in [5.41, 5.74) is 1.23. The molecule has 20 heavy (non-hydrogen) atoms. The quantitative estimate of drug-likeness (QED) is 0.855. The van der Waals surface area contributed by atoms with Gasteiger partial charge < -0.3 is 10.0 Å². The first kappa shape index (κ1) is 14.9. The maximum Gasteiger partial charge on any atom is 0.303 e. The van der Waals surface area contributed by atoms with Crippen LogP contribution in [0.15, 0.2) is 30.3 Å². The zero-order valence-corrected chi connectivity index (χ0v) is 12.3. The number of carboxylic acid groups (broad SMARTS) is 1. The Kier molecular flexibility index (Phi) is 5.45. The number of para-hydroxylation sites is 1. The number of anilines is 1. The average Bonchev–Trinajstić information content (AvgIpc) is 2.46. The molecule has 1 saturated carbocycles. The van der Waals surface area contributed by atoms with Crippen LogP contribution < -0.4 is 4.90 Å². The lowest BCUT2D eigenvalue weighted by Crippen LogP contribution is -2.38. The topological polar surface area (TPSA) is 40.5 Å². The normalized spacial score (nSPS) is 22.4. The van der Waals surface area contributed by atoms with E-state index in [-0.39, 0.29) is 6.42 Å². The smallest absolute Gasteiger partial charge is 0.303 e. The maximum absolute atomic E-state index is 10.7. The van der Waals surface area contributed by atoms with E-state index in [4.69, 9.17) is 5.11 Å². The van der Waals surface area contributed by atoms with Crippen LogP contribution in [-0.2, 0) is 4.79 Å². The highest BCUT2D eigenvalue weighted by Gasteiger charge is 2.24. The van der Waals surface area contributed by atoms with Gasteiger partial charge >= 0.3 is 5.97 Å². The van der Waals surface area contributed by atoms with Gasteiger partial charge in [0.2, 0.25) is 0 Å². The Morgan fingerprint density at radius 3 is 2.45 bits per heavy atom. The Hall–Kier alpha value is -1.51. The largest absolute Gasteiger partial charge is 0.481 e. The van der Waals surface area contributed by atoms with Crippen LogP contribution in [0.3, 0.4) is 0 Å². The van der Waals surface area contributed by atoms with Crippen LogP contribution in [0.1, 0.15) is 45.4 Å². The van der Waals surface area contributed by atoms with Crippen molar-refractivity contribution in [2.24, 2.45) is 5.92 Å². The molecule has 2 rings (SSSR count).